The smallest absolute Gasteiger partial charge is 0.405 e. The van der Waals surface area contributed by atoms with Crippen LogP contribution in [0.25, 0.3) is 0 Å². The largest absolute Gasteiger partial charge is 0.465 e. The summed E-state index contributed by atoms with van der Waals surface area (Å²) in [6.45, 7) is 1.76. The highest BCUT2D eigenvalue weighted by molar-refractivity contribution is 5.85. The fourth-order valence-corrected chi connectivity index (χ4v) is 1.22. The molecular weight excluding hydrogens is 214 g/mol. The van der Waals surface area contributed by atoms with Gasteiger partial charge >= 0.3 is 6.09 Å². The van der Waals surface area contributed by atoms with Gasteiger partial charge in [-0.3, -0.25) is 4.79 Å². The maximum Gasteiger partial charge on any atom is 0.405 e. The first-order valence-corrected chi connectivity index (χ1v) is 5.15. The van der Waals surface area contributed by atoms with Crippen molar-refractivity contribution in [1.82, 2.24) is 10.6 Å². The molecule has 0 saturated heterocycles. The zero-order valence-electron chi connectivity index (χ0n) is 9.27. The van der Waals surface area contributed by atoms with Crippen molar-refractivity contribution in [3.63, 3.8) is 0 Å². The van der Waals surface area contributed by atoms with Crippen LogP contribution in [0.15, 0.2) is 0 Å². The molecule has 7 heteroatoms. The average molecular weight is 233 g/mol. The van der Waals surface area contributed by atoms with E-state index in [0.717, 1.165) is 0 Å². The van der Waals surface area contributed by atoms with Gasteiger partial charge < -0.3 is 26.6 Å². The number of amides is 2. The second-order valence-electron chi connectivity index (χ2n) is 3.38. The summed E-state index contributed by atoms with van der Waals surface area (Å²) in [6, 6.07) is -1.23. The SMILES string of the molecule is CCC(CCN)NC(=O)C(CO)NC(=O)O. The van der Waals surface area contributed by atoms with Crippen molar-refractivity contribution in [3.8, 4) is 0 Å². The molecule has 94 valence electrons. The molecule has 2 unspecified atom stereocenters. The first-order chi connectivity index (χ1) is 7.54. The van der Waals surface area contributed by atoms with Gasteiger partial charge in [-0.05, 0) is 19.4 Å². The van der Waals surface area contributed by atoms with E-state index in [1.54, 1.807) is 0 Å². The standard InChI is InChI=1S/C9H19N3O4/c1-2-6(3-4-10)11-8(14)7(5-13)12-9(15)16/h6-7,12-13H,2-5,10H2,1H3,(H,11,14)(H,15,16). The number of aliphatic hydroxyl groups is 1. The Morgan fingerprint density at radius 3 is 2.38 bits per heavy atom. The minimum atomic E-state index is -1.35. The van der Waals surface area contributed by atoms with Crippen molar-refractivity contribution < 1.29 is 19.8 Å². The molecule has 7 nitrogen and oxygen atoms in total. The second-order valence-corrected chi connectivity index (χ2v) is 3.38. The molecule has 0 rings (SSSR count). The van der Waals surface area contributed by atoms with Gasteiger partial charge in [0.2, 0.25) is 5.91 Å². The van der Waals surface area contributed by atoms with Crippen LogP contribution in [0, 0.1) is 0 Å². The van der Waals surface area contributed by atoms with Crippen molar-refractivity contribution in [2.24, 2.45) is 5.73 Å². The molecule has 0 bridgehead atoms. The normalized spacial score (nSPS) is 13.9. The summed E-state index contributed by atoms with van der Waals surface area (Å²) in [5.41, 5.74) is 5.36. The van der Waals surface area contributed by atoms with Crippen LogP contribution >= 0.6 is 0 Å². The van der Waals surface area contributed by atoms with Crippen LogP contribution in [0.2, 0.25) is 0 Å². The monoisotopic (exact) mass is 233 g/mol. The van der Waals surface area contributed by atoms with E-state index in [0.29, 0.717) is 19.4 Å². The Labute approximate surface area is 94.0 Å². The van der Waals surface area contributed by atoms with Gasteiger partial charge in [0, 0.05) is 6.04 Å². The third-order valence-corrected chi connectivity index (χ3v) is 2.15. The first kappa shape index (κ1) is 14.7. The fraction of sp³-hybridized carbons (Fsp3) is 0.778. The average Bonchev–Trinajstić information content (AvgIpc) is 2.24. The van der Waals surface area contributed by atoms with Crippen molar-refractivity contribution >= 4 is 12.0 Å². The van der Waals surface area contributed by atoms with Crippen LogP contribution in [0.3, 0.4) is 0 Å². The summed E-state index contributed by atoms with van der Waals surface area (Å²) in [5, 5.41) is 21.8. The summed E-state index contributed by atoms with van der Waals surface area (Å²) in [5.74, 6) is -0.537. The zero-order chi connectivity index (χ0) is 12.6. The lowest BCUT2D eigenvalue weighted by molar-refractivity contribution is -0.124. The van der Waals surface area contributed by atoms with E-state index < -0.39 is 24.6 Å². The molecule has 0 aromatic rings. The van der Waals surface area contributed by atoms with E-state index in [1.807, 2.05) is 12.2 Å². The second kappa shape index (κ2) is 7.89. The van der Waals surface area contributed by atoms with Crippen LogP contribution < -0.4 is 16.4 Å². The topological polar surface area (TPSA) is 125 Å². The van der Waals surface area contributed by atoms with Crippen molar-refractivity contribution in [3.05, 3.63) is 0 Å². The van der Waals surface area contributed by atoms with E-state index in [1.165, 1.54) is 0 Å². The molecule has 16 heavy (non-hydrogen) atoms. The summed E-state index contributed by atoms with van der Waals surface area (Å²) in [6.07, 6.45) is -0.0252. The van der Waals surface area contributed by atoms with Gasteiger partial charge in [0.15, 0.2) is 0 Å². The Kier molecular flexibility index (Phi) is 7.23. The lowest BCUT2D eigenvalue weighted by atomic mass is 10.1. The van der Waals surface area contributed by atoms with E-state index in [-0.39, 0.29) is 6.04 Å². The van der Waals surface area contributed by atoms with Crippen LogP contribution in [0.4, 0.5) is 4.79 Å². The molecule has 0 radical (unpaired) electrons. The summed E-state index contributed by atoms with van der Waals surface area (Å²) < 4.78 is 0. The number of hydrogen-bond donors (Lipinski definition) is 5. The number of nitrogens with one attached hydrogen (secondary N) is 2. The third kappa shape index (κ3) is 5.52. The molecule has 0 aromatic carbocycles. The molecule has 0 saturated carbocycles. The molecule has 0 aliphatic heterocycles. The van der Waals surface area contributed by atoms with Crippen LogP contribution in [0.5, 0.6) is 0 Å². The highest BCUT2D eigenvalue weighted by Gasteiger charge is 2.21. The summed E-state index contributed by atoms with van der Waals surface area (Å²) in [4.78, 5) is 21.8. The van der Waals surface area contributed by atoms with E-state index >= 15 is 0 Å². The molecule has 0 fully saturated rings. The van der Waals surface area contributed by atoms with Crippen molar-refractivity contribution in [1.29, 1.82) is 0 Å². The zero-order valence-corrected chi connectivity index (χ0v) is 9.27. The Bertz CT molecular complexity index is 235. The number of aliphatic hydroxyl groups excluding tert-OH is 1. The van der Waals surface area contributed by atoms with Gasteiger partial charge in [-0.25, -0.2) is 4.79 Å². The molecular formula is C9H19N3O4. The number of carbonyl (C=O) groups is 2. The molecule has 0 aromatic heterocycles. The lowest BCUT2D eigenvalue weighted by Gasteiger charge is -2.20. The number of nitrogens with two attached hydrogens (primary N) is 1. The van der Waals surface area contributed by atoms with Gasteiger partial charge in [-0.1, -0.05) is 6.92 Å². The Hall–Kier alpha value is -1.34. The summed E-state index contributed by atoms with van der Waals surface area (Å²) >= 11 is 0. The van der Waals surface area contributed by atoms with Gasteiger partial charge in [0.25, 0.3) is 0 Å². The van der Waals surface area contributed by atoms with E-state index in [9.17, 15) is 9.59 Å². The van der Waals surface area contributed by atoms with Crippen LogP contribution in [-0.2, 0) is 4.79 Å². The molecule has 0 spiro atoms. The number of rotatable bonds is 7. The third-order valence-electron chi connectivity index (χ3n) is 2.15. The Balaban J connectivity index is 4.22. The number of hydrogen-bond acceptors (Lipinski definition) is 4. The van der Waals surface area contributed by atoms with Gasteiger partial charge in [0.1, 0.15) is 6.04 Å². The van der Waals surface area contributed by atoms with Crippen LogP contribution in [0.1, 0.15) is 19.8 Å². The molecule has 2 amide bonds. The molecule has 6 N–H and O–H groups in total. The fourth-order valence-electron chi connectivity index (χ4n) is 1.22. The predicted octanol–water partition coefficient (Wildman–Crippen LogP) is -1.14. The Morgan fingerprint density at radius 1 is 1.38 bits per heavy atom. The summed E-state index contributed by atoms with van der Waals surface area (Å²) in [7, 11) is 0. The quantitative estimate of drug-likeness (QED) is 0.380. The highest BCUT2D eigenvalue weighted by Crippen LogP contribution is 1.96. The Morgan fingerprint density at radius 2 is 2.00 bits per heavy atom. The maximum atomic E-state index is 11.5. The van der Waals surface area contributed by atoms with E-state index in [4.69, 9.17) is 15.9 Å². The van der Waals surface area contributed by atoms with Crippen molar-refractivity contribution in [2.45, 2.75) is 31.8 Å². The van der Waals surface area contributed by atoms with Gasteiger partial charge in [0.05, 0.1) is 6.61 Å². The van der Waals surface area contributed by atoms with Gasteiger partial charge in [-0.2, -0.15) is 0 Å². The molecule has 0 aliphatic carbocycles. The number of carboxylic acid groups (broad SMARTS) is 1. The molecule has 0 aliphatic rings. The van der Waals surface area contributed by atoms with Crippen molar-refractivity contribution in [2.75, 3.05) is 13.2 Å². The predicted molar refractivity (Wildman–Crippen MR) is 57.9 cm³/mol. The highest BCUT2D eigenvalue weighted by atomic mass is 16.4. The van der Waals surface area contributed by atoms with Gasteiger partial charge in [-0.15, -0.1) is 0 Å². The van der Waals surface area contributed by atoms with E-state index in [2.05, 4.69) is 5.32 Å². The van der Waals surface area contributed by atoms with Crippen LogP contribution in [-0.4, -0.2) is 47.4 Å². The lowest BCUT2D eigenvalue weighted by Crippen LogP contribution is -2.51. The number of carbonyl (C=O) groups excluding carboxylic acids is 1. The maximum absolute atomic E-state index is 11.5. The minimum Gasteiger partial charge on any atom is -0.465 e. The molecule has 0 heterocycles. The minimum absolute atomic E-state index is 0.0952. The molecule has 2 atom stereocenters. The first-order valence-electron chi connectivity index (χ1n) is 5.15.